The molecule has 0 N–H and O–H groups in total. The lowest BCUT2D eigenvalue weighted by atomic mass is 9.93. The molecule has 0 spiro atoms. The van der Waals surface area contributed by atoms with Gasteiger partial charge in [-0.25, -0.2) is 15.0 Å². The van der Waals surface area contributed by atoms with Gasteiger partial charge < -0.3 is 8.98 Å². The van der Waals surface area contributed by atoms with Gasteiger partial charge >= 0.3 is 0 Å². The lowest BCUT2D eigenvalue weighted by Crippen LogP contribution is -2.02. The highest BCUT2D eigenvalue weighted by molar-refractivity contribution is 6.17. The van der Waals surface area contributed by atoms with E-state index >= 15 is 0 Å². The number of rotatable bonds is 7. The molecule has 0 aliphatic carbocycles. The first-order chi connectivity index (χ1) is 34.7. The first-order valence-electron chi connectivity index (χ1n) is 23.7. The minimum atomic E-state index is 0.578. The van der Waals surface area contributed by atoms with E-state index in [4.69, 9.17) is 19.4 Å². The van der Waals surface area contributed by atoms with Crippen LogP contribution >= 0.6 is 0 Å². The molecular formula is C65H40N4O. The fraction of sp³-hybridized carbons (Fsp3) is 0. The topological polar surface area (TPSA) is 56.7 Å². The van der Waals surface area contributed by atoms with Crippen LogP contribution in [0, 0.1) is 0 Å². The first-order valence-corrected chi connectivity index (χ1v) is 23.7. The van der Waals surface area contributed by atoms with Crippen molar-refractivity contribution in [2.75, 3.05) is 0 Å². The summed E-state index contributed by atoms with van der Waals surface area (Å²) in [6, 6.07) is 85.9. The maximum Gasteiger partial charge on any atom is 0.164 e. The molecule has 0 saturated heterocycles. The molecular weight excluding hydrogens is 853 g/mol. The van der Waals surface area contributed by atoms with Crippen molar-refractivity contribution >= 4 is 65.3 Å². The number of furan rings is 1. The van der Waals surface area contributed by atoms with Gasteiger partial charge in [0.2, 0.25) is 0 Å². The summed E-state index contributed by atoms with van der Waals surface area (Å²) in [5.74, 6) is 1.77. The van der Waals surface area contributed by atoms with Crippen molar-refractivity contribution in [2.24, 2.45) is 0 Å². The van der Waals surface area contributed by atoms with Crippen LogP contribution in [0.4, 0.5) is 0 Å². The van der Waals surface area contributed by atoms with Gasteiger partial charge in [0.1, 0.15) is 11.2 Å². The molecule has 3 aromatic heterocycles. The van der Waals surface area contributed by atoms with Gasteiger partial charge in [-0.2, -0.15) is 0 Å². The molecule has 0 bridgehead atoms. The van der Waals surface area contributed by atoms with Crippen LogP contribution in [0.3, 0.4) is 0 Å². The number of para-hydroxylation sites is 1. The summed E-state index contributed by atoms with van der Waals surface area (Å²) in [7, 11) is 0. The van der Waals surface area contributed by atoms with E-state index in [0.717, 1.165) is 88.4 Å². The zero-order valence-corrected chi connectivity index (χ0v) is 37.8. The molecule has 0 radical (unpaired) electrons. The predicted molar refractivity (Wildman–Crippen MR) is 289 cm³/mol. The second-order valence-corrected chi connectivity index (χ2v) is 18.0. The molecule has 14 aromatic rings. The Morgan fingerprint density at radius 3 is 1.47 bits per heavy atom. The number of fused-ring (bicyclic) bond motifs is 8. The molecule has 0 amide bonds. The normalized spacial score (nSPS) is 11.7. The standard InChI is InChI=1S/C65H40N4O/c1-3-14-41(15-4-1)42-26-28-43(29-27-42)44-30-32-46(33-31-44)64-66-63(45-16-5-2-6-17-45)67-65(68-64)54-35-34-51(69-58-24-12-11-22-52(58)56-36-47-18-7-9-20-49(47)38-59(56)69)40-55(54)53-23-13-25-60-62(53)57-37-48-19-8-10-21-50(48)39-61(57)70-60/h1-40H. The summed E-state index contributed by atoms with van der Waals surface area (Å²) in [4.78, 5) is 15.9. The third-order valence-electron chi connectivity index (χ3n) is 13.8. The maximum atomic E-state index is 6.70. The molecule has 5 nitrogen and oxygen atoms in total. The van der Waals surface area contributed by atoms with Gasteiger partial charge in [-0.1, -0.05) is 188 Å². The molecule has 3 heterocycles. The second-order valence-electron chi connectivity index (χ2n) is 18.0. The van der Waals surface area contributed by atoms with Crippen molar-refractivity contribution in [3.8, 4) is 73.2 Å². The summed E-state index contributed by atoms with van der Waals surface area (Å²) in [5.41, 5.74) is 14.3. The Bertz CT molecular complexity index is 4330. The Morgan fingerprint density at radius 1 is 0.286 bits per heavy atom. The molecule has 0 aliphatic rings. The van der Waals surface area contributed by atoms with Crippen LogP contribution in [0.2, 0.25) is 0 Å². The average molecular weight is 893 g/mol. The molecule has 0 unspecified atom stereocenters. The molecule has 70 heavy (non-hydrogen) atoms. The number of hydrogen-bond donors (Lipinski definition) is 0. The highest BCUT2D eigenvalue weighted by atomic mass is 16.3. The number of aromatic nitrogens is 4. The minimum absolute atomic E-state index is 0.578. The molecule has 0 atom stereocenters. The van der Waals surface area contributed by atoms with Crippen molar-refractivity contribution < 1.29 is 4.42 Å². The Labute approximate surface area is 403 Å². The van der Waals surface area contributed by atoms with Gasteiger partial charge in [0, 0.05) is 43.9 Å². The Balaban J connectivity index is 0.986. The average Bonchev–Trinajstić information content (AvgIpc) is 3.96. The maximum absolute atomic E-state index is 6.70. The summed E-state index contributed by atoms with van der Waals surface area (Å²) < 4.78 is 9.10. The fourth-order valence-corrected chi connectivity index (χ4v) is 10.4. The van der Waals surface area contributed by atoms with Crippen molar-refractivity contribution in [3.63, 3.8) is 0 Å². The molecule has 0 saturated carbocycles. The number of nitrogens with zero attached hydrogens (tertiary/aromatic N) is 4. The summed E-state index contributed by atoms with van der Waals surface area (Å²) >= 11 is 0. The Hall–Kier alpha value is -9.45. The molecule has 326 valence electrons. The molecule has 0 fully saturated rings. The highest BCUT2D eigenvalue weighted by Crippen LogP contribution is 2.44. The summed E-state index contributed by atoms with van der Waals surface area (Å²) in [6.45, 7) is 0. The van der Waals surface area contributed by atoms with E-state index in [1.807, 2.05) is 24.3 Å². The van der Waals surface area contributed by atoms with E-state index in [9.17, 15) is 0 Å². The van der Waals surface area contributed by atoms with E-state index in [2.05, 4.69) is 223 Å². The van der Waals surface area contributed by atoms with Gasteiger partial charge in [-0.15, -0.1) is 0 Å². The van der Waals surface area contributed by atoms with Gasteiger partial charge in [-0.3, -0.25) is 0 Å². The fourth-order valence-electron chi connectivity index (χ4n) is 10.4. The Kier molecular flexibility index (Phi) is 9.14. The zero-order valence-electron chi connectivity index (χ0n) is 37.8. The van der Waals surface area contributed by atoms with Crippen LogP contribution in [0.15, 0.2) is 247 Å². The van der Waals surface area contributed by atoms with E-state index < -0.39 is 0 Å². The molecule has 0 aliphatic heterocycles. The van der Waals surface area contributed by atoms with Gasteiger partial charge in [0.05, 0.1) is 11.0 Å². The van der Waals surface area contributed by atoms with Crippen molar-refractivity contribution in [1.29, 1.82) is 0 Å². The monoisotopic (exact) mass is 892 g/mol. The predicted octanol–water partition coefficient (Wildman–Crippen LogP) is 17.2. The van der Waals surface area contributed by atoms with Crippen LogP contribution in [0.25, 0.3) is 139 Å². The number of hydrogen-bond acceptors (Lipinski definition) is 4. The van der Waals surface area contributed by atoms with E-state index in [-0.39, 0.29) is 0 Å². The third kappa shape index (κ3) is 6.67. The largest absolute Gasteiger partial charge is 0.456 e. The van der Waals surface area contributed by atoms with Gasteiger partial charge in [0.25, 0.3) is 0 Å². The first kappa shape index (κ1) is 39.7. The van der Waals surface area contributed by atoms with Crippen molar-refractivity contribution in [3.05, 3.63) is 243 Å². The van der Waals surface area contributed by atoms with Crippen molar-refractivity contribution in [2.45, 2.75) is 0 Å². The van der Waals surface area contributed by atoms with E-state index in [0.29, 0.717) is 17.5 Å². The van der Waals surface area contributed by atoms with Crippen LogP contribution in [0.5, 0.6) is 0 Å². The van der Waals surface area contributed by atoms with E-state index in [1.54, 1.807) is 0 Å². The summed E-state index contributed by atoms with van der Waals surface area (Å²) in [6.07, 6.45) is 0. The quantitative estimate of drug-likeness (QED) is 0.160. The van der Waals surface area contributed by atoms with Gasteiger partial charge in [0.15, 0.2) is 17.5 Å². The SMILES string of the molecule is c1ccc(-c2ccc(-c3ccc(-c4nc(-c5ccccc5)nc(-c5ccc(-n6c7ccccc7c7cc8ccccc8cc76)cc5-c5cccc6oc7cc8ccccc8cc7c56)n4)cc3)cc2)cc1. The van der Waals surface area contributed by atoms with Crippen LogP contribution in [0.1, 0.15) is 0 Å². The Morgan fingerprint density at radius 2 is 0.800 bits per heavy atom. The smallest absolute Gasteiger partial charge is 0.164 e. The summed E-state index contributed by atoms with van der Waals surface area (Å²) in [5, 5.41) is 9.21. The van der Waals surface area contributed by atoms with Crippen LogP contribution in [-0.2, 0) is 0 Å². The second kappa shape index (κ2) is 16.1. The lowest BCUT2D eigenvalue weighted by molar-refractivity contribution is 0.669. The zero-order chi connectivity index (χ0) is 46.1. The third-order valence-corrected chi connectivity index (χ3v) is 13.8. The molecule has 14 rings (SSSR count). The van der Waals surface area contributed by atoms with Gasteiger partial charge in [-0.05, 0) is 110 Å². The number of benzene rings is 11. The minimum Gasteiger partial charge on any atom is -0.456 e. The van der Waals surface area contributed by atoms with Crippen LogP contribution < -0.4 is 0 Å². The molecule has 11 aromatic carbocycles. The van der Waals surface area contributed by atoms with E-state index in [1.165, 1.54) is 32.7 Å². The van der Waals surface area contributed by atoms with Crippen LogP contribution in [-0.4, -0.2) is 19.5 Å². The molecule has 5 heteroatoms. The van der Waals surface area contributed by atoms with Crippen molar-refractivity contribution in [1.82, 2.24) is 19.5 Å². The lowest BCUT2D eigenvalue weighted by Gasteiger charge is -2.16. The highest BCUT2D eigenvalue weighted by Gasteiger charge is 2.22.